The van der Waals surface area contributed by atoms with Gasteiger partial charge in [0.2, 0.25) is 0 Å². The Morgan fingerprint density at radius 3 is 2.58 bits per heavy atom. The van der Waals surface area contributed by atoms with Crippen LogP contribution in [0, 0.1) is 5.92 Å². The standard InChI is InChI=1S/C21H21NO4/c1-25-14-10-17-15-4-3-5-16(15)19(22-20(17)18(11-14)26-2)12-6-8-13(9-7-12)21(23)24/h3-4,6-11,15-16,19,22H,5H2,1-2H3,(H,23,24)/p-1/t15-,16+,19+/m0/s1. The predicted octanol–water partition coefficient (Wildman–Crippen LogP) is 2.89. The normalized spacial score (nSPS) is 22.9. The van der Waals surface area contributed by atoms with E-state index in [0.29, 0.717) is 5.92 Å². The third-order valence-electron chi connectivity index (χ3n) is 5.37. The fraction of sp³-hybridized carbons (Fsp3) is 0.286. The molecule has 134 valence electrons. The first-order valence-electron chi connectivity index (χ1n) is 8.62. The topological polar surface area (TPSA) is 70.6 Å². The molecule has 0 saturated carbocycles. The van der Waals surface area contributed by atoms with Gasteiger partial charge in [-0.15, -0.1) is 0 Å². The van der Waals surface area contributed by atoms with Crippen LogP contribution in [-0.2, 0) is 0 Å². The second-order valence-corrected chi connectivity index (χ2v) is 6.68. The zero-order chi connectivity index (χ0) is 18.3. The minimum absolute atomic E-state index is 0.0700. The van der Waals surface area contributed by atoms with Gasteiger partial charge >= 0.3 is 0 Å². The molecule has 0 aromatic heterocycles. The average molecular weight is 350 g/mol. The zero-order valence-electron chi connectivity index (χ0n) is 14.7. The Hall–Kier alpha value is -2.95. The summed E-state index contributed by atoms with van der Waals surface area (Å²) >= 11 is 0. The van der Waals surface area contributed by atoms with Gasteiger partial charge in [-0.2, -0.15) is 0 Å². The quantitative estimate of drug-likeness (QED) is 0.859. The highest BCUT2D eigenvalue weighted by atomic mass is 16.5. The number of allylic oxidation sites excluding steroid dienone is 2. The maximum absolute atomic E-state index is 11.0. The summed E-state index contributed by atoms with van der Waals surface area (Å²) in [5, 5.41) is 14.6. The maximum Gasteiger partial charge on any atom is 0.145 e. The maximum atomic E-state index is 11.0. The van der Waals surface area contributed by atoms with Gasteiger partial charge in [-0.3, -0.25) is 0 Å². The van der Waals surface area contributed by atoms with Crippen LogP contribution in [0.1, 0.15) is 39.9 Å². The van der Waals surface area contributed by atoms with Crippen LogP contribution in [0.15, 0.2) is 48.6 Å². The molecule has 5 nitrogen and oxygen atoms in total. The molecule has 0 radical (unpaired) electrons. The van der Waals surface area contributed by atoms with Crippen molar-refractivity contribution in [3.8, 4) is 11.5 Å². The number of hydrogen-bond acceptors (Lipinski definition) is 5. The fourth-order valence-electron chi connectivity index (χ4n) is 4.08. The van der Waals surface area contributed by atoms with E-state index in [9.17, 15) is 9.90 Å². The van der Waals surface area contributed by atoms with Crippen molar-refractivity contribution >= 4 is 11.7 Å². The molecule has 2 aromatic rings. The van der Waals surface area contributed by atoms with Gasteiger partial charge in [0.15, 0.2) is 0 Å². The first-order valence-corrected chi connectivity index (χ1v) is 8.62. The summed E-state index contributed by atoms with van der Waals surface area (Å²) < 4.78 is 11.0. The van der Waals surface area contributed by atoms with Crippen LogP contribution in [0.2, 0.25) is 0 Å². The van der Waals surface area contributed by atoms with Crippen molar-refractivity contribution < 1.29 is 19.4 Å². The number of carbonyl (C=O) groups is 1. The van der Waals surface area contributed by atoms with Gasteiger partial charge in [0.1, 0.15) is 11.5 Å². The SMILES string of the molecule is COc1cc(OC)c2c(c1)[C@H]1C=CC[C@H]1[C@@H](c1ccc(C(=O)[O-])cc1)N2. The van der Waals surface area contributed by atoms with Crippen LogP contribution in [0.3, 0.4) is 0 Å². The number of methoxy groups -OCH3 is 2. The molecule has 0 amide bonds. The van der Waals surface area contributed by atoms with Crippen molar-refractivity contribution in [2.24, 2.45) is 5.92 Å². The summed E-state index contributed by atoms with van der Waals surface area (Å²) in [7, 11) is 3.30. The number of fused-ring (bicyclic) bond motifs is 3. The molecule has 0 unspecified atom stereocenters. The Labute approximate surface area is 152 Å². The lowest BCUT2D eigenvalue weighted by molar-refractivity contribution is -0.255. The van der Waals surface area contributed by atoms with Gasteiger partial charge < -0.3 is 24.7 Å². The minimum atomic E-state index is -1.16. The zero-order valence-corrected chi connectivity index (χ0v) is 14.7. The molecule has 1 heterocycles. The molecule has 2 aliphatic rings. The van der Waals surface area contributed by atoms with E-state index < -0.39 is 5.97 Å². The number of hydrogen-bond donors (Lipinski definition) is 1. The molecule has 2 aromatic carbocycles. The summed E-state index contributed by atoms with van der Waals surface area (Å²) in [6.07, 6.45) is 5.41. The number of aromatic carboxylic acids is 1. The number of anilines is 1. The van der Waals surface area contributed by atoms with E-state index in [-0.39, 0.29) is 17.5 Å². The number of benzene rings is 2. The van der Waals surface area contributed by atoms with Gasteiger partial charge in [0.25, 0.3) is 0 Å². The van der Waals surface area contributed by atoms with Crippen LogP contribution >= 0.6 is 0 Å². The summed E-state index contributed by atoms with van der Waals surface area (Å²) in [5.41, 5.74) is 3.38. The summed E-state index contributed by atoms with van der Waals surface area (Å²) in [6, 6.07) is 10.9. The average Bonchev–Trinajstić information content (AvgIpc) is 3.16. The molecule has 1 aliphatic carbocycles. The number of carboxylic acids is 1. The summed E-state index contributed by atoms with van der Waals surface area (Å²) in [5.74, 6) is 0.981. The van der Waals surface area contributed by atoms with E-state index >= 15 is 0 Å². The lowest BCUT2D eigenvalue weighted by atomic mass is 9.76. The van der Waals surface area contributed by atoms with E-state index in [1.54, 1.807) is 26.4 Å². The van der Waals surface area contributed by atoms with E-state index in [1.807, 2.05) is 18.2 Å². The number of nitrogens with one attached hydrogen (secondary N) is 1. The molecular formula is C21H20NO4-. The molecule has 4 rings (SSSR count). The summed E-state index contributed by atoms with van der Waals surface area (Å²) in [4.78, 5) is 11.0. The third-order valence-corrected chi connectivity index (χ3v) is 5.37. The molecule has 26 heavy (non-hydrogen) atoms. The van der Waals surface area contributed by atoms with Crippen molar-refractivity contribution in [3.05, 3.63) is 65.2 Å². The van der Waals surface area contributed by atoms with Crippen LogP contribution in [0.4, 0.5) is 5.69 Å². The highest BCUT2D eigenvalue weighted by Gasteiger charge is 2.39. The molecule has 1 aliphatic heterocycles. The molecular weight excluding hydrogens is 330 g/mol. The second-order valence-electron chi connectivity index (χ2n) is 6.68. The van der Waals surface area contributed by atoms with Crippen molar-refractivity contribution in [2.45, 2.75) is 18.4 Å². The number of ether oxygens (including phenoxy) is 2. The van der Waals surface area contributed by atoms with Crippen LogP contribution in [-0.4, -0.2) is 20.2 Å². The third kappa shape index (κ3) is 2.60. The number of rotatable bonds is 4. The Kier molecular flexibility index (Phi) is 4.07. The van der Waals surface area contributed by atoms with E-state index in [4.69, 9.17) is 9.47 Å². The fourth-order valence-corrected chi connectivity index (χ4v) is 4.08. The van der Waals surface area contributed by atoms with Gasteiger partial charge in [-0.05, 0) is 35.1 Å². The minimum Gasteiger partial charge on any atom is -0.545 e. The Morgan fingerprint density at radius 1 is 1.15 bits per heavy atom. The molecule has 3 atom stereocenters. The van der Waals surface area contributed by atoms with Gasteiger partial charge in [0.05, 0.1) is 31.9 Å². The van der Waals surface area contributed by atoms with Crippen molar-refractivity contribution in [1.29, 1.82) is 0 Å². The van der Waals surface area contributed by atoms with Crippen LogP contribution in [0.25, 0.3) is 0 Å². The first-order chi connectivity index (χ1) is 12.6. The van der Waals surface area contributed by atoms with Crippen molar-refractivity contribution in [3.63, 3.8) is 0 Å². The molecule has 1 N–H and O–H groups in total. The molecule has 5 heteroatoms. The second kappa shape index (κ2) is 6.41. The smallest absolute Gasteiger partial charge is 0.145 e. The number of carbonyl (C=O) groups excluding carboxylic acids is 1. The van der Waals surface area contributed by atoms with Crippen molar-refractivity contribution in [2.75, 3.05) is 19.5 Å². The Balaban J connectivity index is 1.77. The van der Waals surface area contributed by atoms with E-state index in [0.717, 1.165) is 29.2 Å². The molecule has 0 bridgehead atoms. The highest BCUT2D eigenvalue weighted by molar-refractivity contribution is 5.85. The molecule has 0 spiro atoms. The van der Waals surface area contributed by atoms with Gasteiger partial charge in [-0.1, -0.05) is 36.4 Å². The monoisotopic (exact) mass is 350 g/mol. The molecule has 0 fully saturated rings. The molecule has 0 saturated heterocycles. The lowest BCUT2D eigenvalue weighted by Gasteiger charge is -2.38. The van der Waals surface area contributed by atoms with Gasteiger partial charge in [0, 0.05) is 12.0 Å². The van der Waals surface area contributed by atoms with E-state index in [2.05, 4.69) is 23.5 Å². The number of carboxylic acid groups (broad SMARTS) is 1. The largest absolute Gasteiger partial charge is 0.545 e. The van der Waals surface area contributed by atoms with Crippen LogP contribution < -0.4 is 19.9 Å². The first kappa shape index (κ1) is 16.5. The Morgan fingerprint density at radius 2 is 1.92 bits per heavy atom. The predicted molar refractivity (Wildman–Crippen MR) is 96.7 cm³/mol. The van der Waals surface area contributed by atoms with Gasteiger partial charge in [-0.25, -0.2) is 0 Å². The Bertz CT molecular complexity index is 872. The van der Waals surface area contributed by atoms with E-state index in [1.165, 1.54) is 5.56 Å². The highest BCUT2D eigenvalue weighted by Crippen LogP contribution is 2.53. The summed E-state index contributed by atoms with van der Waals surface area (Å²) in [6.45, 7) is 0. The van der Waals surface area contributed by atoms with Crippen molar-refractivity contribution in [1.82, 2.24) is 0 Å². The lowest BCUT2D eigenvalue weighted by Crippen LogP contribution is -2.29. The van der Waals surface area contributed by atoms with Crippen LogP contribution in [0.5, 0.6) is 11.5 Å².